The molecule has 0 aliphatic carbocycles. The molecule has 1 nitrogen and oxygen atoms in total. The van der Waals surface area contributed by atoms with E-state index in [-0.39, 0.29) is 0 Å². The third-order valence-electron chi connectivity index (χ3n) is 4.80. The Hall–Kier alpha value is -1.32. The predicted molar refractivity (Wildman–Crippen MR) is 122 cm³/mol. The van der Waals surface area contributed by atoms with Gasteiger partial charge in [-0.05, 0) is 48.2 Å². The molecular weight excluding hydrogens is 464 g/mol. The van der Waals surface area contributed by atoms with Crippen LogP contribution in [0.2, 0.25) is 0 Å². The third kappa shape index (κ3) is 4.94. The van der Waals surface area contributed by atoms with Crippen LogP contribution in [0, 0.1) is 0 Å². The van der Waals surface area contributed by atoms with Gasteiger partial charge in [-0.2, -0.15) is 0 Å². The van der Waals surface area contributed by atoms with Crippen LogP contribution >= 0.6 is 31.9 Å². The van der Waals surface area contributed by atoms with E-state index in [1.165, 1.54) is 22.3 Å². The summed E-state index contributed by atoms with van der Waals surface area (Å²) in [5, 5.41) is 0. The fourth-order valence-corrected chi connectivity index (χ4v) is 4.25. The van der Waals surface area contributed by atoms with E-state index in [0.29, 0.717) is 0 Å². The lowest BCUT2D eigenvalue weighted by atomic mass is 9.92. The van der Waals surface area contributed by atoms with Crippen LogP contribution in [0.15, 0.2) is 61.9 Å². The van der Waals surface area contributed by atoms with Crippen LogP contribution in [0.5, 0.6) is 0 Å². The number of aryl methyl sites for hydroxylation is 2. The number of unbranched alkanes of at least 4 members (excludes halogenated alkanes) is 2. The fraction of sp³-hybridized carbons (Fsp3) is 0.333. The first-order valence-electron chi connectivity index (χ1n) is 9.80. The zero-order valence-corrected chi connectivity index (χ0v) is 19.2. The standard InChI is InChI=1S/C24H26Br2O/c1-3-5-13-21-23(17-9-7-11-19(25)15-17)24(22(27-21)14-6-4-2)18-10-8-12-20(26)16-18/h7-12,15-16H,3-6,13-14H2,1-2H3. The summed E-state index contributed by atoms with van der Waals surface area (Å²) in [6.45, 7) is 4.46. The maximum atomic E-state index is 6.51. The molecule has 0 bridgehead atoms. The van der Waals surface area contributed by atoms with Crippen LogP contribution in [-0.4, -0.2) is 0 Å². The van der Waals surface area contributed by atoms with Crippen LogP contribution in [0.4, 0.5) is 0 Å². The van der Waals surface area contributed by atoms with Gasteiger partial charge >= 0.3 is 0 Å². The van der Waals surface area contributed by atoms with E-state index in [1.807, 2.05) is 0 Å². The van der Waals surface area contributed by atoms with Gasteiger partial charge in [-0.25, -0.2) is 0 Å². The molecule has 0 radical (unpaired) electrons. The minimum Gasteiger partial charge on any atom is -0.465 e. The van der Waals surface area contributed by atoms with E-state index in [4.69, 9.17) is 4.42 Å². The highest BCUT2D eigenvalue weighted by molar-refractivity contribution is 9.10. The second-order valence-corrected chi connectivity index (χ2v) is 8.76. The molecule has 2 aromatic carbocycles. The van der Waals surface area contributed by atoms with Crippen LogP contribution < -0.4 is 0 Å². The van der Waals surface area contributed by atoms with Crippen molar-refractivity contribution in [1.82, 2.24) is 0 Å². The van der Waals surface area contributed by atoms with Crippen molar-refractivity contribution in [3.05, 3.63) is 69.0 Å². The molecular formula is C24H26Br2O. The van der Waals surface area contributed by atoms with Crippen molar-refractivity contribution in [3.8, 4) is 22.3 Å². The SMILES string of the molecule is CCCCc1oc(CCCC)c(-c2cccc(Br)c2)c1-c1cccc(Br)c1. The van der Waals surface area contributed by atoms with Crippen LogP contribution in [0.1, 0.15) is 51.1 Å². The number of hydrogen-bond acceptors (Lipinski definition) is 1. The zero-order valence-electron chi connectivity index (χ0n) is 16.0. The minimum atomic E-state index is 0.978. The first kappa shape index (κ1) is 20.4. The largest absolute Gasteiger partial charge is 0.465 e. The fourth-order valence-electron chi connectivity index (χ4n) is 3.45. The highest BCUT2D eigenvalue weighted by Crippen LogP contribution is 2.42. The predicted octanol–water partition coefficient (Wildman–Crippen LogP) is 8.82. The van der Waals surface area contributed by atoms with Gasteiger partial charge in [-0.3, -0.25) is 0 Å². The quantitative estimate of drug-likeness (QED) is 0.308. The molecule has 27 heavy (non-hydrogen) atoms. The summed E-state index contributed by atoms with van der Waals surface area (Å²) in [5.41, 5.74) is 4.96. The molecule has 0 spiro atoms. The van der Waals surface area contributed by atoms with Gasteiger partial charge in [0, 0.05) is 32.9 Å². The van der Waals surface area contributed by atoms with Crippen molar-refractivity contribution >= 4 is 31.9 Å². The van der Waals surface area contributed by atoms with E-state index in [1.54, 1.807) is 0 Å². The van der Waals surface area contributed by atoms with Crippen molar-refractivity contribution in [3.63, 3.8) is 0 Å². The molecule has 0 fully saturated rings. The van der Waals surface area contributed by atoms with Gasteiger partial charge in [-0.15, -0.1) is 0 Å². The van der Waals surface area contributed by atoms with Crippen LogP contribution in [0.3, 0.4) is 0 Å². The Labute approximate surface area is 179 Å². The Kier molecular flexibility index (Phi) is 7.37. The monoisotopic (exact) mass is 488 g/mol. The van der Waals surface area contributed by atoms with Gasteiger partial charge in [0.15, 0.2) is 0 Å². The smallest absolute Gasteiger partial charge is 0.112 e. The molecule has 0 unspecified atom stereocenters. The van der Waals surface area contributed by atoms with Gasteiger partial charge in [0.1, 0.15) is 11.5 Å². The second kappa shape index (κ2) is 9.75. The molecule has 0 atom stereocenters. The Morgan fingerprint density at radius 1 is 0.704 bits per heavy atom. The molecule has 3 rings (SSSR count). The summed E-state index contributed by atoms with van der Waals surface area (Å²) in [6, 6.07) is 17.1. The molecule has 142 valence electrons. The van der Waals surface area contributed by atoms with Crippen molar-refractivity contribution < 1.29 is 4.42 Å². The molecule has 1 aromatic heterocycles. The van der Waals surface area contributed by atoms with Crippen molar-refractivity contribution in [2.45, 2.75) is 52.4 Å². The lowest BCUT2D eigenvalue weighted by Gasteiger charge is -2.09. The Bertz CT molecular complexity index is 823. The zero-order chi connectivity index (χ0) is 19.2. The van der Waals surface area contributed by atoms with Gasteiger partial charge in [0.25, 0.3) is 0 Å². The first-order chi connectivity index (χ1) is 13.1. The number of halogens is 2. The van der Waals surface area contributed by atoms with Crippen molar-refractivity contribution in [2.24, 2.45) is 0 Å². The summed E-state index contributed by atoms with van der Waals surface area (Å²) in [4.78, 5) is 0. The Balaban J connectivity index is 2.23. The van der Waals surface area contributed by atoms with E-state index >= 15 is 0 Å². The average molecular weight is 490 g/mol. The summed E-state index contributed by atoms with van der Waals surface area (Å²) in [7, 11) is 0. The number of furan rings is 1. The highest BCUT2D eigenvalue weighted by atomic mass is 79.9. The molecule has 3 aromatic rings. The molecule has 0 aliphatic rings. The second-order valence-electron chi connectivity index (χ2n) is 6.93. The normalized spacial score (nSPS) is 11.1. The van der Waals surface area contributed by atoms with E-state index in [0.717, 1.165) is 59.0 Å². The van der Waals surface area contributed by atoms with Gasteiger partial charge < -0.3 is 4.42 Å². The highest BCUT2D eigenvalue weighted by Gasteiger charge is 2.22. The average Bonchev–Trinajstić information content (AvgIpc) is 3.03. The Morgan fingerprint density at radius 2 is 1.15 bits per heavy atom. The Morgan fingerprint density at radius 3 is 1.52 bits per heavy atom. The summed E-state index contributed by atoms with van der Waals surface area (Å²) >= 11 is 7.28. The molecule has 0 aliphatic heterocycles. The summed E-state index contributed by atoms with van der Waals surface area (Å²) < 4.78 is 8.70. The number of rotatable bonds is 8. The number of hydrogen-bond donors (Lipinski definition) is 0. The van der Waals surface area contributed by atoms with E-state index in [2.05, 4.69) is 94.2 Å². The lowest BCUT2D eigenvalue weighted by molar-refractivity contribution is 0.455. The van der Waals surface area contributed by atoms with E-state index < -0.39 is 0 Å². The first-order valence-corrected chi connectivity index (χ1v) is 11.4. The third-order valence-corrected chi connectivity index (χ3v) is 5.78. The summed E-state index contributed by atoms with van der Waals surface area (Å²) in [6.07, 6.45) is 6.56. The topological polar surface area (TPSA) is 13.1 Å². The molecule has 1 heterocycles. The van der Waals surface area contributed by atoms with Gasteiger partial charge in [0.05, 0.1) is 0 Å². The molecule has 0 N–H and O–H groups in total. The molecule has 0 saturated heterocycles. The van der Waals surface area contributed by atoms with Gasteiger partial charge in [0.2, 0.25) is 0 Å². The van der Waals surface area contributed by atoms with E-state index in [9.17, 15) is 0 Å². The summed E-state index contributed by atoms with van der Waals surface area (Å²) in [5.74, 6) is 2.24. The number of benzene rings is 2. The molecule has 0 amide bonds. The van der Waals surface area contributed by atoms with Crippen LogP contribution in [-0.2, 0) is 12.8 Å². The van der Waals surface area contributed by atoms with Crippen LogP contribution in [0.25, 0.3) is 22.3 Å². The molecule has 0 saturated carbocycles. The van der Waals surface area contributed by atoms with Crippen molar-refractivity contribution in [1.29, 1.82) is 0 Å². The maximum Gasteiger partial charge on any atom is 0.112 e. The lowest BCUT2D eigenvalue weighted by Crippen LogP contribution is -1.90. The van der Waals surface area contributed by atoms with Crippen molar-refractivity contribution in [2.75, 3.05) is 0 Å². The van der Waals surface area contributed by atoms with Gasteiger partial charge in [-0.1, -0.05) is 82.8 Å². The minimum absolute atomic E-state index is 0.978. The maximum absolute atomic E-state index is 6.51. The molecule has 3 heteroatoms.